The Morgan fingerprint density at radius 2 is 1.52 bits per heavy atom. The summed E-state index contributed by atoms with van der Waals surface area (Å²) >= 11 is 0. The van der Waals surface area contributed by atoms with Gasteiger partial charge in [0, 0.05) is 11.5 Å². The van der Waals surface area contributed by atoms with Crippen LogP contribution in [0.3, 0.4) is 0 Å². The number of hydrogen-bond acceptors (Lipinski definition) is 4. The maximum absolute atomic E-state index is 12.8. The van der Waals surface area contributed by atoms with Gasteiger partial charge in [-0.15, -0.1) is 0 Å². The van der Waals surface area contributed by atoms with Gasteiger partial charge in [-0.1, -0.05) is 60.2 Å². The molecule has 4 atom stereocenters. The Morgan fingerprint density at radius 1 is 0.913 bits per heavy atom. The monoisotopic (exact) mass is 310 g/mol. The van der Waals surface area contributed by atoms with Crippen LogP contribution in [0.4, 0.5) is 0 Å². The van der Waals surface area contributed by atoms with E-state index in [2.05, 4.69) is 0 Å². The minimum Gasteiger partial charge on any atom is -0.385 e. The molecule has 1 aliphatic rings. The largest absolute Gasteiger partial charge is 0.385 e. The second kappa shape index (κ2) is 6.07. The molecule has 1 fully saturated rings. The average molecular weight is 310 g/mol. The Balaban J connectivity index is 2.02. The van der Waals surface area contributed by atoms with E-state index < -0.39 is 29.8 Å². The molecule has 2 N–H and O–H groups in total. The van der Waals surface area contributed by atoms with Crippen LogP contribution in [-0.2, 0) is 4.79 Å². The maximum Gasteiger partial charge on any atom is 0.191 e. The highest BCUT2D eigenvalue weighted by atomic mass is 16.3. The summed E-state index contributed by atoms with van der Waals surface area (Å²) in [6.45, 7) is 1.93. The molecule has 0 radical (unpaired) electrons. The Bertz CT molecular complexity index is 721. The summed E-state index contributed by atoms with van der Waals surface area (Å²) in [5.74, 6) is -2.72. The molecule has 2 aromatic carbocycles. The fraction of sp³-hybridized carbons (Fsp3) is 0.263. The Hall–Kier alpha value is -2.30. The predicted molar refractivity (Wildman–Crippen MR) is 85.2 cm³/mol. The smallest absolute Gasteiger partial charge is 0.191 e. The first-order chi connectivity index (χ1) is 11.0. The number of Topliss-reactive ketones (excluding diaryl/α,β-unsaturated/α-hetero) is 2. The number of aliphatic hydroxyl groups is 2. The molecule has 0 amide bonds. The predicted octanol–water partition coefficient (Wildman–Crippen LogP) is 1.88. The van der Waals surface area contributed by atoms with Crippen molar-refractivity contribution in [2.24, 2.45) is 5.92 Å². The summed E-state index contributed by atoms with van der Waals surface area (Å²) < 4.78 is 0. The van der Waals surface area contributed by atoms with Crippen LogP contribution in [0.2, 0.25) is 0 Å². The van der Waals surface area contributed by atoms with E-state index in [9.17, 15) is 19.8 Å². The number of rotatable bonds is 3. The number of carbonyl (C=O) groups is 2. The van der Waals surface area contributed by atoms with Crippen LogP contribution in [0.25, 0.3) is 0 Å². The van der Waals surface area contributed by atoms with E-state index in [1.165, 1.54) is 0 Å². The summed E-state index contributed by atoms with van der Waals surface area (Å²) in [6, 6.07) is 15.9. The van der Waals surface area contributed by atoms with Gasteiger partial charge in [0.2, 0.25) is 0 Å². The van der Waals surface area contributed by atoms with Crippen molar-refractivity contribution in [1.29, 1.82) is 0 Å². The lowest BCUT2D eigenvalue weighted by molar-refractivity contribution is -0.131. The zero-order valence-corrected chi connectivity index (χ0v) is 12.7. The molecule has 3 rings (SSSR count). The van der Waals surface area contributed by atoms with E-state index in [0.29, 0.717) is 11.1 Å². The second-order valence-corrected chi connectivity index (χ2v) is 5.98. The van der Waals surface area contributed by atoms with Gasteiger partial charge in [-0.25, -0.2) is 0 Å². The molecule has 2 aromatic rings. The van der Waals surface area contributed by atoms with Crippen molar-refractivity contribution in [2.75, 3.05) is 0 Å². The van der Waals surface area contributed by atoms with Gasteiger partial charge in [-0.2, -0.15) is 0 Å². The normalized spacial score (nSPS) is 27.2. The van der Waals surface area contributed by atoms with Crippen molar-refractivity contribution >= 4 is 11.6 Å². The molecule has 4 heteroatoms. The van der Waals surface area contributed by atoms with Crippen molar-refractivity contribution in [2.45, 2.75) is 25.0 Å². The maximum atomic E-state index is 12.8. The van der Waals surface area contributed by atoms with Crippen molar-refractivity contribution in [3.05, 3.63) is 71.3 Å². The van der Waals surface area contributed by atoms with Crippen LogP contribution in [0.15, 0.2) is 54.6 Å². The van der Waals surface area contributed by atoms with E-state index in [1.54, 1.807) is 42.5 Å². The van der Waals surface area contributed by atoms with Crippen molar-refractivity contribution in [3.63, 3.8) is 0 Å². The highest BCUT2D eigenvalue weighted by Crippen LogP contribution is 2.40. The molecule has 1 saturated carbocycles. The lowest BCUT2D eigenvalue weighted by Gasteiger charge is -2.22. The topological polar surface area (TPSA) is 74.6 Å². The van der Waals surface area contributed by atoms with Gasteiger partial charge < -0.3 is 10.2 Å². The number of hydrogen-bond donors (Lipinski definition) is 2. The molecule has 0 spiro atoms. The Labute approximate surface area is 134 Å². The average Bonchev–Trinajstić information content (AvgIpc) is 2.80. The van der Waals surface area contributed by atoms with Gasteiger partial charge in [0.25, 0.3) is 0 Å². The summed E-state index contributed by atoms with van der Waals surface area (Å²) in [7, 11) is 0. The van der Waals surface area contributed by atoms with Crippen LogP contribution in [0.5, 0.6) is 0 Å². The third-order valence-corrected chi connectivity index (χ3v) is 4.47. The Morgan fingerprint density at radius 3 is 2.13 bits per heavy atom. The molecular formula is C19H18O4. The third kappa shape index (κ3) is 2.71. The fourth-order valence-corrected chi connectivity index (χ4v) is 3.20. The summed E-state index contributed by atoms with van der Waals surface area (Å²) in [5, 5.41) is 20.5. The molecule has 0 saturated heterocycles. The third-order valence-electron chi connectivity index (χ3n) is 4.47. The number of ketones is 2. The first-order valence-corrected chi connectivity index (χ1v) is 7.56. The molecule has 4 unspecified atom stereocenters. The van der Waals surface area contributed by atoms with Crippen molar-refractivity contribution < 1.29 is 19.8 Å². The zero-order valence-electron chi connectivity index (χ0n) is 12.7. The minimum absolute atomic E-state index is 0.325. The van der Waals surface area contributed by atoms with Gasteiger partial charge in [0.05, 0.1) is 5.92 Å². The SMILES string of the molecule is Cc1ccc(C2C(O)C(=O)C(O)C2C(=O)c2ccccc2)cc1. The molecule has 0 aromatic heterocycles. The summed E-state index contributed by atoms with van der Waals surface area (Å²) in [5.41, 5.74) is 2.15. The molecular weight excluding hydrogens is 292 g/mol. The summed E-state index contributed by atoms with van der Waals surface area (Å²) in [6.07, 6.45) is -2.85. The van der Waals surface area contributed by atoms with Crippen LogP contribution in [-0.4, -0.2) is 34.0 Å². The molecule has 118 valence electrons. The second-order valence-electron chi connectivity index (χ2n) is 5.98. The van der Waals surface area contributed by atoms with Crippen molar-refractivity contribution in [1.82, 2.24) is 0 Å². The summed E-state index contributed by atoms with van der Waals surface area (Å²) in [4.78, 5) is 24.8. The van der Waals surface area contributed by atoms with Crippen LogP contribution in [0, 0.1) is 12.8 Å². The van der Waals surface area contributed by atoms with Crippen molar-refractivity contribution in [3.8, 4) is 0 Å². The van der Waals surface area contributed by atoms with Gasteiger partial charge >= 0.3 is 0 Å². The number of benzene rings is 2. The Kier molecular flexibility index (Phi) is 4.11. The molecule has 0 aliphatic heterocycles. The van der Waals surface area contributed by atoms with E-state index in [4.69, 9.17) is 0 Å². The fourth-order valence-electron chi connectivity index (χ4n) is 3.20. The molecule has 4 nitrogen and oxygen atoms in total. The van der Waals surface area contributed by atoms with E-state index in [0.717, 1.165) is 5.56 Å². The van der Waals surface area contributed by atoms with Gasteiger partial charge in [-0.05, 0) is 12.5 Å². The number of aryl methyl sites for hydroxylation is 1. The molecule has 0 heterocycles. The first kappa shape index (κ1) is 15.6. The van der Waals surface area contributed by atoms with Crippen LogP contribution in [0.1, 0.15) is 27.4 Å². The van der Waals surface area contributed by atoms with E-state index in [-0.39, 0.29) is 5.78 Å². The highest BCUT2D eigenvalue weighted by molar-refractivity contribution is 6.05. The van der Waals surface area contributed by atoms with Crippen LogP contribution >= 0.6 is 0 Å². The van der Waals surface area contributed by atoms with E-state index >= 15 is 0 Å². The quantitative estimate of drug-likeness (QED) is 0.849. The number of aliphatic hydroxyl groups excluding tert-OH is 2. The molecule has 1 aliphatic carbocycles. The molecule has 0 bridgehead atoms. The lowest BCUT2D eigenvalue weighted by atomic mass is 9.82. The minimum atomic E-state index is -1.48. The van der Waals surface area contributed by atoms with Gasteiger partial charge in [-0.3, -0.25) is 9.59 Å². The standard InChI is InChI=1S/C19H18O4/c1-11-7-9-12(10-8-11)14-15(18(22)19(23)17(14)21)16(20)13-5-3-2-4-6-13/h2-10,14-15,17-18,21-22H,1H3. The highest BCUT2D eigenvalue weighted by Gasteiger charge is 2.52. The zero-order chi connectivity index (χ0) is 16.6. The van der Waals surface area contributed by atoms with Gasteiger partial charge in [0.15, 0.2) is 11.6 Å². The lowest BCUT2D eigenvalue weighted by Crippen LogP contribution is -2.30. The van der Waals surface area contributed by atoms with E-state index in [1.807, 2.05) is 19.1 Å². The first-order valence-electron chi connectivity index (χ1n) is 7.56. The number of carbonyl (C=O) groups excluding carboxylic acids is 2. The van der Waals surface area contributed by atoms with Gasteiger partial charge in [0.1, 0.15) is 12.2 Å². The van der Waals surface area contributed by atoms with Crippen LogP contribution < -0.4 is 0 Å². The molecule has 23 heavy (non-hydrogen) atoms.